The Morgan fingerprint density at radius 3 is 2.00 bits per heavy atom. The first-order chi connectivity index (χ1) is 6.90. The van der Waals surface area contributed by atoms with E-state index in [2.05, 4.69) is 11.2 Å². The van der Waals surface area contributed by atoms with Gasteiger partial charge in [0.2, 0.25) is 0 Å². The molecule has 0 bridgehead atoms. The second-order valence-electron chi connectivity index (χ2n) is 4.30. The van der Waals surface area contributed by atoms with Gasteiger partial charge in [-0.25, -0.2) is 0 Å². The van der Waals surface area contributed by atoms with Crippen molar-refractivity contribution in [3.05, 3.63) is 33.2 Å². The normalized spacial score (nSPS) is 18.0. The number of rotatable bonds is 1. The fourth-order valence-corrected chi connectivity index (χ4v) is 2.90. The molecule has 0 heterocycles. The lowest BCUT2D eigenvalue weighted by Crippen LogP contribution is -1.91. The van der Waals surface area contributed by atoms with Gasteiger partial charge < -0.3 is 0 Å². The molecule has 2 heteroatoms. The van der Waals surface area contributed by atoms with Crippen LogP contribution in [-0.2, 0) is 25.7 Å². The number of hydrogen-bond acceptors (Lipinski definition) is 2. The lowest BCUT2D eigenvalue weighted by Gasteiger charge is -2.07. The smallest absolute Gasteiger partial charge is 0.114 e. The second-order valence-corrected chi connectivity index (χ2v) is 4.30. The monoisotopic (exact) mass is 187 g/mol. The summed E-state index contributed by atoms with van der Waals surface area (Å²) >= 11 is 0. The number of aryl methyl sites for hydroxylation is 2. The summed E-state index contributed by atoms with van der Waals surface area (Å²) in [5.41, 5.74) is 6.08. The van der Waals surface area contributed by atoms with Crippen LogP contribution in [0.3, 0.4) is 0 Å². The van der Waals surface area contributed by atoms with Crippen molar-refractivity contribution in [1.82, 2.24) is 0 Å². The Labute approximate surface area is 83.3 Å². The molecular weight excluding hydrogens is 174 g/mol. The van der Waals surface area contributed by atoms with Crippen molar-refractivity contribution in [3.63, 3.8) is 0 Å². The molecule has 0 saturated carbocycles. The van der Waals surface area contributed by atoms with Gasteiger partial charge in [0.05, 0.1) is 0 Å². The van der Waals surface area contributed by atoms with Gasteiger partial charge in [-0.1, -0.05) is 6.07 Å². The highest BCUT2D eigenvalue weighted by atomic mass is 16.3. The van der Waals surface area contributed by atoms with Crippen molar-refractivity contribution in [2.24, 2.45) is 5.18 Å². The molecule has 0 saturated heterocycles. The SMILES string of the molecule is O=Nc1c2c(cc3c1CCC3)CCC2. The van der Waals surface area contributed by atoms with Crippen LogP contribution in [0.15, 0.2) is 11.2 Å². The maximum atomic E-state index is 10.9. The van der Waals surface area contributed by atoms with E-state index in [-0.39, 0.29) is 0 Å². The summed E-state index contributed by atoms with van der Waals surface area (Å²) in [7, 11) is 0. The number of benzene rings is 1. The first-order valence-corrected chi connectivity index (χ1v) is 5.40. The minimum atomic E-state index is 0.799. The van der Waals surface area contributed by atoms with Gasteiger partial charge in [0.15, 0.2) is 0 Å². The quantitative estimate of drug-likeness (QED) is 0.621. The predicted molar refractivity (Wildman–Crippen MR) is 55.9 cm³/mol. The Morgan fingerprint density at radius 1 is 0.929 bits per heavy atom. The molecule has 1 aromatic rings. The van der Waals surface area contributed by atoms with Crippen LogP contribution in [0, 0.1) is 4.91 Å². The van der Waals surface area contributed by atoms with Gasteiger partial charge in [-0.2, -0.15) is 0 Å². The van der Waals surface area contributed by atoms with Crippen LogP contribution in [0.4, 0.5) is 5.69 Å². The van der Waals surface area contributed by atoms with Crippen molar-refractivity contribution in [1.29, 1.82) is 0 Å². The molecular formula is C12H13NO. The highest BCUT2D eigenvalue weighted by Gasteiger charge is 2.24. The van der Waals surface area contributed by atoms with Crippen LogP contribution in [-0.4, -0.2) is 0 Å². The molecule has 2 aliphatic carbocycles. The minimum absolute atomic E-state index is 0.799. The van der Waals surface area contributed by atoms with E-state index in [4.69, 9.17) is 0 Å². The van der Waals surface area contributed by atoms with Gasteiger partial charge in [0, 0.05) is 0 Å². The summed E-state index contributed by atoms with van der Waals surface area (Å²) in [6.07, 6.45) is 6.80. The van der Waals surface area contributed by atoms with Gasteiger partial charge in [-0.15, -0.1) is 4.91 Å². The van der Waals surface area contributed by atoms with Crippen molar-refractivity contribution >= 4 is 5.69 Å². The zero-order valence-corrected chi connectivity index (χ0v) is 8.18. The lowest BCUT2D eigenvalue weighted by atomic mass is 9.99. The van der Waals surface area contributed by atoms with Crippen molar-refractivity contribution in [2.75, 3.05) is 0 Å². The van der Waals surface area contributed by atoms with Gasteiger partial charge in [-0.05, 0) is 66.0 Å². The van der Waals surface area contributed by atoms with Crippen LogP contribution < -0.4 is 0 Å². The largest absolute Gasteiger partial charge is 0.145 e. The second kappa shape index (κ2) is 2.91. The average Bonchev–Trinajstić information content (AvgIpc) is 2.80. The molecule has 14 heavy (non-hydrogen) atoms. The van der Waals surface area contributed by atoms with Gasteiger partial charge in [0.25, 0.3) is 0 Å². The standard InChI is InChI=1S/C12H13NO/c14-13-12-10-5-1-3-8(10)7-9-4-2-6-11(9)12/h7H,1-6H2. The van der Waals surface area contributed by atoms with E-state index in [0.717, 1.165) is 31.4 Å². The van der Waals surface area contributed by atoms with Crippen LogP contribution in [0.5, 0.6) is 0 Å². The topological polar surface area (TPSA) is 29.4 Å². The molecule has 0 spiro atoms. The molecule has 0 unspecified atom stereocenters. The molecule has 0 aliphatic heterocycles. The summed E-state index contributed by atoms with van der Waals surface area (Å²) < 4.78 is 0. The maximum absolute atomic E-state index is 10.9. The summed E-state index contributed by atoms with van der Waals surface area (Å²) in [6, 6.07) is 2.32. The van der Waals surface area contributed by atoms with E-state index in [1.807, 2.05) is 0 Å². The Morgan fingerprint density at radius 2 is 1.50 bits per heavy atom. The first-order valence-electron chi connectivity index (χ1n) is 5.40. The third-order valence-corrected chi connectivity index (χ3v) is 3.53. The zero-order valence-electron chi connectivity index (χ0n) is 8.18. The van der Waals surface area contributed by atoms with Gasteiger partial charge in [0.1, 0.15) is 5.69 Å². The van der Waals surface area contributed by atoms with E-state index in [1.54, 1.807) is 0 Å². The fourth-order valence-electron chi connectivity index (χ4n) is 2.90. The summed E-state index contributed by atoms with van der Waals surface area (Å²) in [6.45, 7) is 0. The Balaban J connectivity index is 2.29. The van der Waals surface area contributed by atoms with E-state index >= 15 is 0 Å². The van der Waals surface area contributed by atoms with Crippen molar-refractivity contribution in [3.8, 4) is 0 Å². The molecule has 0 aromatic heterocycles. The highest BCUT2D eigenvalue weighted by Crippen LogP contribution is 2.39. The van der Waals surface area contributed by atoms with Gasteiger partial charge in [-0.3, -0.25) is 0 Å². The summed E-state index contributed by atoms with van der Waals surface area (Å²) in [5, 5.41) is 3.26. The predicted octanol–water partition coefficient (Wildman–Crippen LogP) is 3.06. The third kappa shape index (κ3) is 0.969. The number of nitroso groups, excluding NO2 is 1. The molecule has 2 nitrogen and oxygen atoms in total. The number of fused-ring (bicyclic) bond motifs is 2. The summed E-state index contributed by atoms with van der Waals surface area (Å²) in [5.74, 6) is 0. The Kier molecular flexibility index (Phi) is 1.69. The molecule has 72 valence electrons. The van der Waals surface area contributed by atoms with Crippen molar-refractivity contribution < 1.29 is 0 Å². The third-order valence-electron chi connectivity index (χ3n) is 3.53. The highest BCUT2D eigenvalue weighted by molar-refractivity contribution is 5.62. The van der Waals surface area contributed by atoms with E-state index in [0.29, 0.717) is 0 Å². The molecule has 0 atom stereocenters. The van der Waals surface area contributed by atoms with Gasteiger partial charge >= 0.3 is 0 Å². The molecule has 0 radical (unpaired) electrons. The molecule has 1 aromatic carbocycles. The van der Waals surface area contributed by atoms with Crippen molar-refractivity contribution in [2.45, 2.75) is 38.5 Å². The van der Waals surface area contributed by atoms with E-state index in [9.17, 15) is 4.91 Å². The Bertz CT molecular complexity index is 377. The van der Waals surface area contributed by atoms with Crippen LogP contribution in [0.1, 0.15) is 35.1 Å². The number of nitrogens with zero attached hydrogens (tertiary/aromatic N) is 1. The summed E-state index contributed by atoms with van der Waals surface area (Å²) in [4.78, 5) is 10.9. The lowest BCUT2D eigenvalue weighted by molar-refractivity contribution is 0.897. The fraction of sp³-hybridized carbons (Fsp3) is 0.500. The minimum Gasteiger partial charge on any atom is -0.145 e. The van der Waals surface area contributed by atoms with Crippen LogP contribution in [0.25, 0.3) is 0 Å². The molecule has 0 amide bonds. The van der Waals surface area contributed by atoms with E-state index < -0.39 is 0 Å². The first kappa shape index (κ1) is 8.16. The van der Waals surface area contributed by atoms with Crippen LogP contribution in [0.2, 0.25) is 0 Å². The maximum Gasteiger partial charge on any atom is 0.114 e. The zero-order chi connectivity index (χ0) is 9.54. The molecule has 3 rings (SSSR count). The average molecular weight is 187 g/mol. The molecule has 0 N–H and O–H groups in total. The van der Waals surface area contributed by atoms with E-state index in [1.165, 1.54) is 35.1 Å². The molecule has 0 fully saturated rings. The molecule has 2 aliphatic rings. The Hall–Kier alpha value is -1.18. The van der Waals surface area contributed by atoms with Crippen LogP contribution >= 0.6 is 0 Å². The number of hydrogen-bond donors (Lipinski definition) is 0.